The predicted molar refractivity (Wildman–Crippen MR) is 105 cm³/mol. The summed E-state index contributed by atoms with van der Waals surface area (Å²) in [6.07, 6.45) is 2.66. The van der Waals surface area contributed by atoms with Crippen molar-refractivity contribution in [2.24, 2.45) is 0 Å². The van der Waals surface area contributed by atoms with Crippen molar-refractivity contribution in [3.63, 3.8) is 0 Å². The Hall–Kier alpha value is -1.15. The normalized spacial score (nSPS) is 27.6. The first-order chi connectivity index (χ1) is 12.7. The number of piperidine rings is 1. The second kappa shape index (κ2) is 8.07. The highest BCUT2D eigenvalue weighted by Crippen LogP contribution is 2.29. The number of benzene rings is 1. The van der Waals surface area contributed by atoms with Gasteiger partial charge in [-0.3, -0.25) is 4.79 Å². The number of rotatable bonds is 3. The van der Waals surface area contributed by atoms with E-state index >= 15 is 0 Å². The molecule has 2 heterocycles. The molecule has 8 heteroatoms. The van der Waals surface area contributed by atoms with Crippen molar-refractivity contribution >= 4 is 27.5 Å². The van der Waals surface area contributed by atoms with Crippen molar-refractivity contribution in [1.29, 1.82) is 0 Å². The first-order valence-electron chi connectivity index (χ1n) is 9.46. The van der Waals surface area contributed by atoms with Gasteiger partial charge in [0.05, 0.1) is 17.2 Å². The van der Waals surface area contributed by atoms with E-state index in [-0.39, 0.29) is 47.2 Å². The zero-order valence-corrected chi connectivity index (χ0v) is 17.6. The van der Waals surface area contributed by atoms with Crippen molar-refractivity contribution in [3.8, 4) is 0 Å². The third-order valence-corrected chi connectivity index (χ3v) is 7.56. The number of sulfonamides is 1. The van der Waals surface area contributed by atoms with Crippen LogP contribution in [0.4, 0.5) is 0 Å². The molecule has 3 atom stereocenters. The fourth-order valence-electron chi connectivity index (χ4n) is 3.87. The molecule has 1 aromatic carbocycles. The zero-order chi connectivity index (χ0) is 19.8. The molecule has 0 radical (unpaired) electrons. The van der Waals surface area contributed by atoms with Gasteiger partial charge in [-0.15, -0.1) is 0 Å². The second-order valence-corrected chi connectivity index (χ2v) is 9.88. The molecule has 0 saturated carbocycles. The summed E-state index contributed by atoms with van der Waals surface area (Å²) in [4.78, 5) is 14.7. The topological polar surface area (TPSA) is 66.9 Å². The summed E-state index contributed by atoms with van der Waals surface area (Å²) in [5.74, 6) is -0.140. The lowest BCUT2D eigenvalue weighted by atomic mass is 10.0. The Morgan fingerprint density at radius 2 is 1.81 bits per heavy atom. The van der Waals surface area contributed by atoms with Gasteiger partial charge in [-0.05, 0) is 58.2 Å². The molecule has 2 fully saturated rings. The lowest BCUT2D eigenvalue weighted by Gasteiger charge is -2.35. The number of hydrogen-bond donors (Lipinski definition) is 0. The Balaban J connectivity index is 1.92. The second-order valence-electron chi connectivity index (χ2n) is 7.57. The van der Waals surface area contributed by atoms with Gasteiger partial charge in [0.1, 0.15) is 4.90 Å². The summed E-state index contributed by atoms with van der Waals surface area (Å²) in [5, 5.41) is 0.130. The SMILES string of the molecule is C[C@@H]1CN(S(=O)(=O)c2cc(C(=O)N3CCCC[C@@H]3C)ccc2Cl)C[C@H](C)O1. The summed E-state index contributed by atoms with van der Waals surface area (Å²) >= 11 is 6.23. The molecule has 0 aliphatic carbocycles. The smallest absolute Gasteiger partial charge is 0.254 e. The van der Waals surface area contributed by atoms with Crippen molar-refractivity contribution in [2.75, 3.05) is 19.6 Å². The van der Waals surface area contributed by atoms with Crippen molar-refractivity contribution in [2.45, 2.75) is 63.2 Å². The number of halogens is 1. The number of morpholine rings is 1. The Morgan fingerprint density at radius 1 is 1.15 bits per heavy atom. The molecule has 2 aliphatic rings. The van der Waals surface area contributed by atoms with Crippen molar-refractivity contribution in [1.82, 2.24) is 9.21 Å². The Kier molecular flexibility index (Phi) is 6.15. The van der Waals surface area contributed by atoms with Crippen molar-refractivity contribution in [3.05, 3.63) is 28.8 Å². The van der Waals surface area contributed by atoms with Gasteiger partial charge < -0.3 is 9.64 Å². The maximum absolute atomic E-state index is 13.2. The van der Waals surface area contributed by atoms with Gasteiger partial charge in [0.2, 0.25) is 10.0 Å². The largest absolute Gasteiger partial charge is 0.373 e. The van der Waals surface area contributed by atoms with Gasteiger partial charge in [-0.1, -0.05) is 11.6 Å². The molecule has 150 valence electrons. The summed E-state index contributed by atoms with van der Waals surface area (Å²) < 4.78 is 33.4. The van der Waals surface area contributed by atoms with Crippen LogP contribution in [-0.4, -0.2) is 61.4 Å². The third-order valence-electron chi connectivity index (χ3n) is 5.25. The minimum absolute atomic E-state index is 0.0130. The lowest BCUT2D eigenvalue weighted by molar-refractivity contribution is -0.0440. The maximum Gasteiger partial charge on any atom is 0.254 e. The molecule has 0 spiro atoms. The van der Waals surface area contributed by atoms with Crippen LogP contribution in [0.15, 0.2) is 23.1 Å². The summed E-state index contributed by atoms with van der Waals surface area (Å²) in [7, 11) is -3.81. The minimum atomic E-state index is -3.81. The van der Waals surface area contributed by atoms with Crippen LogP contribution in [-0.2, 0) is 14.8 Å². The quantitative estimate of drug-likeness (QED) is 0.761. The number of likely N-dealkylation sites (tertiary alicyclic amines) is 1. The van der Waals surface area contributed by atoms with E-state index in [0.717, 1.165) is 19.3 Å². The highest BCUT2D eigenvalue weighted by molar-refractivity contribution is 7.89. The van der Waals surface area contributed by atoms with Crippen LogP contribution in [0.3, 0.4) is 0 Å². The molecule has 27 heavy (non-hydrogen) atoms. The number of amides is 1. The van der Waals surface area contributed by atoms with E-state index in [1.54, 1.807) is 6.07 Å². The fraction of sp³-hybridized carbons (Fsp3) is 0.632. The van der Waals surface area contributed by atoms with E-state index in [1.165, 1.54) is 16.4 Å². The van der Waals surface area contributed by atoms with Crippen LogP contribution in [0.1, 0.15) is 50.4 Å². The van der Waals surface area contributed by atoms with Gasteiger partial charge >= 0.3 is 0 Å². The summed E-state index contributed by atoms with van der Waals surface area (Å²) in [5.41, 5.74) is 0.362. The number of hydrogen-bond acceptors (Lipinski definition) is 4. The fourth-order valence-corrected chi connectivity index (χ4v) is 5.96. The van der Waals surface area contributed by atoms with Gasteiger partial charge in [0.25, 0.3) is 5.91 Å². The van der Waals surface area contributed by atoms with Crippen molar-refractivity contribution < 1.29 is 17.9 Å². The highest BCUT2D eigenvalue weighted by Gasteiger charge is 2.34. The number of nitrogens with zero attached hydrogens (tertiary/aromatic N) is 2. The molecule has 1 aromatic rings. The Morgan fingerprint density at radius 3 is 2.44 bits per heavy atom. The van der Waals surface area contributed by atoms with E-state index in [1.807, 2.05) is 25.7 Å². The maximum atomic E-state index is 13.2. The minimum Gasteiger partial charge on any atom is -0.373 e. The van der Waals surface area contributed by atoms with Gasteiger partial charge in [0, 0.05) is 31.2 Å². The Labute approximate surface area is 166 Å². The highest BCUT2D eigenvalue weighted by atomic mass is 35.5. The molecule has 0 aromatic heterocycles. The molecule has 3 rings (SSSR count). The first-order valence-corrected chi connectivity index (χ1v) is 11.3. The number of carbonyl (C=O) groups is 1. The molecule has 0 unspecified atom stereocenters. The Bertz CT molecular complexity index is 804. The van der Waals surface area contributed by atoms with E-state index in [0.29, 0.717) is 12.1 Å². The van der Waals surface area contributed by atoms with E-state index in [2.05, 4.69) is 0 Å². The molecule has 1 amide bonds. The molecule has 2 saturated heterocycles. The van der Waals surface area contributed by atoms with E-state index < -0.39 is 10.0 Å². The van der Waals surface area contributed by atoms with E-state index in [9.17, 15) is 13.2 Å². The zero-order valence-electron chi connectivity index (χ0n) is 16.0. The first kappa shape index (κ1) is 20.6. The average molecular weight is 415 g/mol. The lowest BCUT2D eigenvalue weighted by Crippen LogP contribution is -2.48. The van der Waals surface area contributed by atoms with Crippen LogP contribution < -0.4 is 0 Å². The monoisotopic (exact) mass is 414 g/mol. The molecular weight excluding hydrogens is 388 g/mol. The molecule has 6 nitrogen and oxygen atoms in total. The summed E-state index contributed by atoms with van der Waals surface area (Å²) in [6, 6.07) is 4.69. The standard InChI is InChI=1S/C19H27ClN2O4S/c1-13-6-4-5-9-22(13)19(23)16-7-8-17(20)18(10-16)27(24,25)21-11-14(2)26-15(3)12-21/h7-8,10,13-15H,4-6,9,11-12H2,1-3H3/t13-,14-,15+/m0/s1. The van der Waals surface area contributed by atoms with Crippen LogP contribution in [0.25, 0.3) is 0 Å². The predicted octanol–water partition coefficient (Wildman–Crippen LogP) is 3.15. The van der Waals surface area contributed by atoms with Gasteiger partial charge in [-0.25, -0.2) is 8.42 Å². The van der Waals surface area contributed by atoms with Crippen LogP contribution in [0, 0.1) is 0 Å². The van der Waals surface area contributed by atoms with Crippen LogP contribution >= 0.6 is 11.6 Å². The molecular formula is C19H27ClN2O4S. The molecule has 0 bridgehead atoms. The molecule has 0 N–H and O–H groups in total. The van der Waals surface area contributed by atoms with E-state index in [4.69, 9.17) is 16.3 Å². The van der Waals surface area contributed by atoms with Gasteiger partial charge in [0.15, 0.2) is 0 Å². The van der Waals surface area contributed by atoms with Gasteiger partial charge in [-0.2, -0.15) is 4.31 Å². The summed E-state index contributed by atoms with van der Waals surface area (Å²) in [6.45, 7) is 6.95. The number of ether oxygens (including phenoxy) is 1. The molecule has 2 aliphatic heterocycles. The van der Waals surface area contributed by atoms with Crippen LogP contribution in [0.5, 0.6) is 0 Å². The van der Waals surface area contributed by atoms with Crippen LogP contribution in [0.2, 0.25) is 5.02 Å². The number of carbonyl (C=O) groups excluding carboxylic acids is 1. The third kappa shape index (κ3) is 4.31. The average Bonchev–Trinajstić information content (AvgIpc) is 2.61.